The van der Waals surface area contributed by atoms with E-state index in [1.54, 1.807) is 0 Å². The second-order valence-electron chi connectivity index (χ2n) is 27.6. The van der Waals surface area contributed by atoms with E-state index in [2.05, 4.69) is 34.6 Å². The summed E-state index contributed by atoms with van der Waals surface area (Å²) in [5.41, 5.74) is 0. The number of ether oxygens (including phenoxy) is 5. The van der Waals surface area contributed by atoms with Crippen molar-refractivity contribution in [1.29, 1.82) is 0 Å². The Morgan fingerprint density at radius 1 is 0.233 bits per heavy atom. The van der Waals surface area contributed by atoms with Crippen LogP contribution in [0.3, 0.4) is 0 Å². The fourth-order valence-corrected chi connectivity index (χ4v) is 12.5. The molecule has 0 saturated heterocycles. The van der Waals surface area contributed by atoms with Crippen LogP contribution in [0.1, 0.15) is 452 Å². The maximum atomic E-state index is 14.4. The van der Waals surface area contributed by atoms with Crippen LogP contribution in [0.15, 0.2) is 0 Å². The molecule has 0 heterocycles. The van der Waals surface area contributed by atoms with E-state index >= 15 is 0 Å². The van der Waals surface area contributed by atoms with Crippen molar-refractivity contribution in [1.82, 2.24) is 0 Å². The molecule has 4 atom stereocenters. The third-order valence-corrected chi connectivity index (χ3v) is 18.6. The first-order valence-electron chi connectivity index (χ1n) is 40.1. The minimum Gasteiger partial charge on any atom is -0.462 e. The molecule has 532 valence electrons. The van der Waals surface area contributed by atoms with Crippen molar-refractivity contribution in [2.45, 2.75) is 477 Å². The van der Waals surface area contributed by atoms with Crippen molar-refractivity contribution < 1.29 is 47.7 Å². The molecule has 90 heavy (non-hydrogen) atoms. The Morgan fingerprint density at radius 2 is 0.456 bits per heavy atom. The van der Waals surface area contributed by atoms with Gasteiger partial charge in [-0.25, -0.2) is 9.59 Å². The highest BCUT2D eigenvalue weighted by atomic mass is 16.6. The standard InChI is InChI=1S/C80H152O10/c1-7-13-18-23-28-33-36-38-40-42-45-48-53-58-63-68-77(82)89-74(65-60-55-50-31-26-21-16-10-4)79(84)86-71-73(70-72(12-6)87-76(81)67-62-57-52-47-44-35-30-25-20-15-9-3)88-80(85)75(66-61-56-51-32-27-22-17-11-5)90-78(83)69-64-59-54-49-46-43-41-39-37-34-29-24-19-14-8-2/h72-75H,7-71H2,1-6H3. The van der Waals surface area contributed by atoms with Crippen LogP contribution in [-0.4, -0.2) is 60.9 Å². The molecule has 0 spiro atoms. The van der Waals surface area contributed by atoms with Crippen LogP contribution in [0.5, 0.6) is 0 Å². The van der Waals surface area contributed by atoms with Crippen LogP contribution in [0, 0.1) is 0 Å². The first kappa shape index (κ1) is 87.3. The number of rotatable bonds is 73. The summed E-state index contributed by atoms with van der Waals surface area (Å²) in [6.45, 7) is 12.9. The summed E-state index contributed by atoms with van der Waals surface area (Å²) in [6.07, 6.45) is 65.9. The summed E-state index contributed by atoms with van der Waals surface area (Å²) in [6, 6.07) is 0. The van der Waals surface area contributed by atoms with Gasteiger partial charge < -0.3 is 23.7 Å². The lowest BCUT2D eigenvalue weighted by molar-refractivity contribution is -0.181. The fraction of sp³-hybridized carbons (Fsp3) is 0.938. The zero-order valence-electron chi connectivity index (χ0n) is 60.9. The maximum Gasteiger partial charge on any atom is 0.347 e. The van der Waals surface area contributed by atoms with Crippen LogP contribution in [0.2, 0.25) is 0 Å². The normalized spacial score (nSPS) is 12.8. The van der Waals surface area contributed by atoms with Gasteiger partial charge >= 0.3 is 29.8 Å². The van der Waals surface area contributed by atoms with Crippen LogP contribution >= 0.6 is 0 Å². The molecule has 0 aromatic rings. The molecule has 0 fully saturated rings. The van der Waals surface area contributed by atoms with Crippen molar-refractivity contribution in [3.63, 3.8) is 0 Å². The van der Waals surface area contributed by atoms with E-state index in [0.29, 0.717) is 38.5 Å². The highest BCUT2D eigenvalue weighted by Gasteiger charge is 2.32. The number of esters is 5. The summed E-state index contributed by atoms with van der Waals surface area (Å²) in [7, 11) is 0. The van der Waals surface area contributed by atoms with Crippen LogP contribution < -0.4 is 0 Å². The molecule has 0 aliphatic rings. The second kappa shape index (κ2) is 70.7. The number of carbonyl (C=O) groups excluding carboxylic acids is 5. The van der Waals surface area contributed by atoms with Crippen molar-refractivity contribution in [2.75, 3.05) is 6.61 Å². The van der Waals surface area contributed by atoms with Gasteiger partial charge in [0.05, 0.1) is 0 Å². The monoisotopic (exact) mass is 1270 g/mol. The molecule has 0 N–H and O–H groups in total. The van der Waals surface area contributed by atoms with Gasteiger partial charge in [0, 0.05) is 25.7 Å². The molecule has 0 rings (SSSR count). The van der Waals surface area contributed by atoms with Crippen LogP contribution in [0.25, 0.3) is 0 Å². The quantitative estimate of drug-likeness (QED) is 0.0329. The topological polar surface area (TPSA) is 132 Å². The maximum absolute atomic E-state index is 14.4. The Balaban J connectivity index is 6.01. The largest absolute Gasteiger partial charge is 0.462 e. The Kier molecular flexibility index (Phi) is 68.6. The van der Waals surface area contributed by atoms with E-state index < -0.39 is 42.3 Å². The summed E-state index contributed by atoms with van der Waals surface area (Å²) in [4.78, 5) is 69.0. The predicted molar refractivity (Wildman–Crippen MR) is 380 cm³/mol. The first-order valence-corrected chi connectivity index (χ1v) is 40.1. The van der Waals surface area contributed by atoms with E-state index in [0.717, 1.165) is 96.3 Å². The van der Waals surface area contributed by atoms with Gasteiger partial charge in [-0.3, -0.25) is 14.4 Å². The van der Waals surface area contributed by atoms with E-state index in [9.17, 15) is 24.0 Å². The van der Waals surface area contributed by atoms with Gasteiger partial charge in [-0.2, -0.15) is 0 Å². The Labute approximate surface area is 558 Å². The van der Waals surface area contributed by atoms with Gasteiger partial charge in [-0.05, 0) is 51.4 Å². The second-order valence-corrected chi connectivity index (χ2v) is 27.6. The molecule has 0 aromatic carbocycles. The Hall–Kier alpha value is -2.65. The molecule has 10 heteroatoms. The highest BCUT2D eigenvalue weighted by Crippen LogP contribution is 2.23. The number of hydrogen-bond donors (Lipinski definition) is 0. The average molecular weight is 1270 g/mol. The van der Waals surface area contributed by atoms with Crippen molar-refractivity contribution in [3.8, 4) is 0 Å². The van der Waals surface area contributed by atoms with Crippen molar-refractivity contribution in [3.05, 3.63) is 0 Å². The highest BCUT2D eigenvalue weighted by molar-refractivity contribution is 5.80. The fourth-order valence-electron chi connectivity index (χ4n) is 12.5. The zero-order valence-corrected chi connectivity index (χ0v) is 60.9. The molecular formula is C80H152O10. The van der Waals surface area contributed by atoms with Gasteiger partial charge in [0.15, 0.2) is 12.2 Å². The molecule has 0 aliphatic heterocycles. The summed E-state index contributed by atoms with van der Waals surface area (Å²) < 4.78 is 30.3. The molecule has 0 bridgehead atoms. The van der Waals surface area contributed by atoms with Crippen LogP contribution in [0.4, 0.5) is 0 Å². The molecule has 0 saturated carbocycles. The summed E-state index contributed by atoms with van der Waals surface area (Å²) >= 11 is 0. The smallest absolute Gasteiger partial charge is 0.347 e. The van der Waals surface area contributed by atoms with Crippen molar-refractivity contribution in [2.24, 2.45) is 0 Å². The molecule has 0 radical (unpaired) electrons. The van der Waals surface area contributed by atoms with Gasteiger partial charge in [0.2, 0.25) is 0 Å². The minimum atomic E-state index is -1.11. The van der Waals surface area contributed by atoms with Gasteiger partial charge in [-0.15, -0.1) is 0 Å². The van der Waals surface area contributed by atoms with Gasteiger partial charge in [-0.1, -0.05) is 375 Å². The summed E-state index contributed by atoms with van der Waals surface area (Å²) in [5, 5.41) is 0. The average Bonchev–Trinajstić information content (AvgIpc) is 3.48. The molecule has 0 aliphatic carbocycles. The Morgan fingerprint density at radius 3 is 0.711 bits per heavy atom. The lowest BCUT2D eigenvalue weighted by Crippen LogP contribution is -2.38. The van der Waals surface area contributed by atoms with E-state index in [1.165, 1.54) is 257 Å². The third-order valence-electron chi connectivity index (χ3n) is 18.6. The van der Waals surface area contributed by atoms with Gasteiger partial charge in [0.25, 0.3) is 0 Å². The molecule has 10 nitrogen and oxygen atoms in total. The molecule has 0 amide bonds. The number of carbonyl (C=O) groups is 5. The predicted octanol–water partition coefficient (Wildman–Crippen LogP) is 25.3. The molecule has 4 unspecified atom stereocenters. The summed E-state index contributed by atoms with van der Waals surface area (Å²) in [5.74, 6) is -2.40. The number of hydrogen-bond acceptors (Lipinski definition) is 10. The number of unbranched alkanes of at least 4 members (excludes halogenated alkanes) is 52. The zero-order chi connectivity index (χ0) is 65.7. The van der Waals surface area contributed by atoms with E-state index in [1.807, 2.05) is 6.92 Å². The van der Waals surface area contributed by atoms with Crippen LogP contribution in [-0.2, 0) is 47.7 Å². The molecular weight excluding hydrogens is 1120 g/mol. The first-order chi connectivity index (χ1) is 44.1. The van der Waals surface area contributed by atoms with E-state index in [-0.39, 0.29) is 37.8 Å². The van der Waals surface area contributed by atoms with Gasteiger partial charge in [0.1, 0.15) is 18.8 Å². The SMILES string of the molecule is CCCCCCCCCCCCCCCCCC(=O)OC(CCCCCCCCCC)C(=O)OCC(CC(CC)OC(=O)CCCCCCCCCCCCC)OC(=O)C(CCCCCCCCCC)OC(=O)CCCCCCCCCCCCCCCCC. The third kappa shape index (κ3) is 61.5. The lowest BCUT2D eigenvalue weighted by atomic mass is 10.0. The Bertz CT molecular complexity index is 1550. The lowest BCUT2D eigenvalue weighted by Gasteiger charge is -2.26. The van der Waals surface area contributed by atoms with Crippen molar-refractivity contribution >= 4 is 29.8 Å². The minimum absolute atomic E-state index is 0.110. The molecule has 0 aromatic heterocycles. The van der Waals surface area contributed by atoms with E-state index in [4.69, 9.17) is 23.7 Å².